The minimum atomic E-state index is -0.587. The van der Waals surface area contributed by atoms with Gasteiger partial charge in [-0.3, -0.25) is 14.7 Å². The van der Waals surface area contributed by atoms with Crippen LogP contribution in [0, 0.1) is 0 Å². The molecule has 0 saturated carbocycles. The zero-order valence-corrected chi connectivity index (χ0v) is 12.1. The molecule has 0 amide bonds. The molecule has 0 fully saturated rings. The van der Waals surface area contributed by atoms with E-state index in [0.717, 1.165) is 4.68 Å². The summed E-state index contributed by atoms with van der Waals surface area (Å²) in [6.07, 6.45) is 2.74. The lowest BCUT2D eigenvalue weighted by Gasteiger charge is -2.14. The molecule has 0 bridgehead atoms. The van der Waals surface area contributed by atoms with Crippen molar-refractivity contribution in [2.24, 2.45) is 0 Å². The Labute approximate surface area is 124 Å². The normalized spacial score (nSPS) is 12.0. The SMILES string of the molecule is COC(=O)Cn1ncc(NC(C)c2ncn[nH]2)c(Cl)c1=O. The molecular formula is C11H13ClN6O3. The van der Waals surface area contributed by atoms with E-state index in [2.05, 4.69) is 30.3 Å². The van der Waals surface area contributed by atoms with Crippen molar-refractivity contribution in [3.63, 3.8) is 0 Å². The first kappa shape index (κ1) is 15.0. The van der Waals surface area contributed by atoms with Crippen molar-refractivity contribution in [2.45, 2.75) is 19.5 Å². The van der Waals surface area contributed by atoms with Crippen molar-refractivity contribution in [1.82, 2.24) is 25.0 Å². The highest BCUT2D eigenvalue weighted by Crippen LogP contribution is 2.20. The van der Waals surface area contributed by atoms with Crippen molar-refractivity contribution in [3.8, 4) is 0 Å². The Balaban J connectivity index is 2.21. The molecule has 2 aromatic rings. The first-order valence-electron chi connectivity index (χ1n) is 5.97. The Hall–Kier alpha value is -2.42. The molecule has 0 saturated heterocycles. The number of rotatable bonds is 5. The van der Waals surface area contributed by atoms with E-state index in [0.29, 0.717) is 11.5 Å². The summed E-state index contributed by atoms with van der Waals surface area (Å²) in [7, 11) is 1.23. The van der Waals surface area contributed by atoms with E-state index < -0.39 is 11.5 Å². The number of ether oxygens (including phenoxy) is 1. The van der Waals surface area contributed by atoms with Gasteiger partial charge in [-0.2, -0.15) is 10.2 Å². The van der Waals surface area contributed by atoms with Crippen LogP contribution < -0.4 is 10.9 Å². The number of carbonyl (C=O) groups excluding carboxylic acids is 1. The number of anilines is 1. The summed E-state index contributed by atoms with van der Waals surface area (Å²) in [5.74, 6) is 0.00112. The van der Waals surface area contributed by atoms with E-state index in [4.69, 9.17) is 11.6 Å². The van der Waals surface area contributed by atoms with E-state index in [1.165, 1.54) is 19.6 Å². The number of hydrogen-bond donors (Lipinski definition) is 2. The molecule has 0 aromatic carbocycles. The second kappa shape index (κ2) is 6.35. The molecule has 0 spiro atoms. The Morgan fingerprint density at radius 3 is 3.00 bits per heavy atom. The quantitative estimate of drug-likeness (QED) is 0.766. The van der Waals surface area contributed by atoms with Gasteiger partial charge in [0, 0.05) is 0 Å². The predicted octanol–water partition coefficient (Wildman–Crippen LogP) is 0.361. The fourth-order valence-electron chi connectivity index (χ4n) is 1.59. The zero-order valence-electron chi connectivity index (χ0n) is 11.3. The minimum absolute atomic E-state index is 0.0692. The first-order valence-corrected chi connectivity index (χ1v) is 6.35. The average Bonchev–Trinajstić information content (AvgIpc) is 3.01. The molecule has 2 aromatic heterocycles. The summed E-state index contributed by atoms with van der Waals surface area (Å²) >= 11 is 6.00. The molecule has 1 unspecified atom stereocenters. The topological polar surface area (TPSA) is 115 Å². The molecule has 1 atom stereocenters. The lowest BCUT2D eigenvalue weighted by Crippen LogP contribution is -2.28. The number of carbonyl (C=O) groups is 1. The first-order chi connectivity index (χ1) is 10.0. The summed E-state index contributed by atoms with van der Waals surface area (Å²) in [5.41, 5.74) is -0.247. The van der Waals surface area contributed by atoms with Gasteiger partial charge in [-0.25, -0.2) is 9.67 Å². The second-order valence-corrected chi connectivity index (χ2v) is 4.53. The average molecular weight is 313 g/mol. The van der Waals surface area contributed by atoms with E-state index in [1.807, 2.05) is 6.92 Å². The summed E-state index contributed by atoms with van der Waals surface area (Å²) in [6.45, 7) is 1.52. The molecule has 2 rings (SSSR count). The highest BCUT2D eigenvalue weighted by molar-refractivity contribution is 6.32. The van der Waals surface area contributed by atoms with Crippen LogP contribution in [0.2, 0.25) is 5.02 Å². The standard InChI is InChI=1S/C11H13ClN6O3/c1-6(10-13-5-14-17-10)16-7-3-15-18(4-8(19)21-2)11(20)9(7)12/h3,5-6,16H,4H2,1-2H3,(H,13,14,17). The highest BCUT2D eigenvalue weighted by atomic mass is 35.5. The van der Waals surface area contributed by atoms with Gasteiger partial charge in [0.1, 0.15) is 23.7 Å². The number of halogens is 1. The number of hydrogen-bond acceptors (Lipinski definition) is 7. The van der Waals surface area contributed by atoms with Crippen LogP contribution in [0.4, 0.5) is 5.69 Å². The lowest BCUT2D eigenvalue weighted by molar-refractivity contribution is -0.141. The number of H-pyrrole nitrogens is 1. The second-order valence-electron chi connectivity index (χ2n) is 4.15. The van der Waals surface area contributed by atoms with Gasteiger partial charge in [0.25, 0.3) is 5.56 Å². The molecule has 0 aliphatic carbocycles. The molecule has 10 heteroatoms. The maximum atomic E-state index is 12.0. The monoisotopic (exact) mass is 312 g/mol. The number of aromatic amines is 1. The smallest absolute Gasteiger partial charge is 0.327 e. The summed E-state index contributed by atoms with van der Waals surface area (Å²) in [5, 5.41) is 13.2. The summed E-state index contributed by atoms with van der Waals surface area (Å²) < 4.78 is 5.41. The van der Waals surface area contributed by atoms with Gasteiger partial charge in [-0.15, -0.1) is 0 Å². The lowest BCUT2D eigenvalue weighted by atomic mass is 10.3. The number of nitrogens with zero attached hydrogens (tertiary/aromatic N) is 4. The van der Waals surface area contributed by atoms with Gasteiger partial charge in [-0.1, -0.05) is 11.6 Å². The zero-order chi connectivity index (χ0) is 15.4. The highest BCUT2D eigenvalue weighted by Gasteiger charge is 2.15. The number of methoxy groups -OCH3 is 1. The molecule has 0 radical (unpaired) electrons. The van der Waals surface area contributed by atoms with E-state index in [9.17, 15) is 9.59 Å². The molecular weight excluding hydrogens is 300 g/mol. The van der Waals surface area contributed by atoms with Crippen molar-refractivity contribution >= 4 is 23.3 Å². The van der Waals surface area contributed by atoms with Crippen LogP contribution in [-0.4, -0.2) is 38.0 Å². The maximum absolute atomic E-state index is 12.0. The Morgan fingerprint density at radius 1 is 1.62 bits per heavy atom. The van der Waals surface area contributed by atoms with Crippen molar-refractivity contribution in [2.75, 3.05) is 12.4 Å². The third kappa shape index (κ3) is 3.37. The molecule has 0 aliphatic rings. The predicted molar refractivity (Wildman–Crippen MR) is 73.9 cm³/mol. The van der Waals surface area contributed by atoms with Crippen LogP contribution in [-0.2, 0) is 16.1 Å². The van der Waals surface area contributed by atoms with Crippen LogP contribution in [0.1, 0.15) is 18.8 Å². The van der Waals surface area contributed by atoms with Crippen molar-refractivity contribution in [1.29, 1.82) is 0 Å². The number of nitrogens with one attached hydrogen (secondary N) is 2. The van der Waals surface area contributed by atoms with E-state index in [1.54, 1.807) is 0 Å². The van der Waals surface area contributed by atoms with Crippen molar-refractivity contribution < 1.29 is 9.53 Å². The minimum Gasteiger partial charge on any atom is -0.468 e. The molecule has 112 valence electrons. The third-order valence-electron chi connectivity index (χ3n) is 2.71. The van der Waals surface area contributed by atoms with Crippen LogP contribution in [0.15, 0.2) is 17.3 Å². The molecule has 2 N–H and O–H groups in total. The van der Waals surface area contributed by atoms with Gasteiger partial charge < -0.3 is 10.1 Å². The van der Waals surface area contributed by atoms with Crippen LogP contribution in [0.5, 0.6) is 0 Å². The Morgan fingerprint density at radius 2 is 2.38 bits per heavy atom. The van der Waals surface area contributed by atoms with E-state index >= 15 is 0 Å². The van der Waals surface area contributed by atoms with Crippen molar-refractivity contribution in [3.05, 3.63) is 33.7 Å². The summed E-state index contributed by atoms with van der Waals surface area (Å²) in [6, 6.07) is -0.248. The molecule has 0 aliphatic heterocycles. The maximum Gasteiger partial charge on any atom is 0.327 e. The van der Waals surface area contributed by atoms with Gasteiger partial charge in [0.15, 0.2) is 0 Å². The van der Waals surface area contributed by atoms with Gasteiger partial charge in [-0.05, 0) is 6.92 Å². The largest absolute Gasteiger partial charge is 0.468 e. The van der Waals surface area contributed by atoms with Crippen LogP contribution in [0.3, 0.4) is 0 Å². The van der Waals surface area contributed by atoms with Crippen LogP contribution >= 0.6 is 11.6 Å². The molecule has 21 heavy (non-hydrogen) atoms. The van der Waals surface area contributed by atoms with Gasteiger partial charge in [0.2, 0.25) is 0 Å². The molecule has 9 nitrogen and oxygen atoms in total. The third-order valence-corrected chi connectivity index (χ3v) is 3.07. The Kier molecular flexibility index (Phi) is 4.53. The van der Waals surface area contributed by atoms with Gasteiger partial charge >= 0.3 is 5.97 Å². The van der Waals surface area contributed by atoms with Gasteiger partial charge in [0.05, 0.1) is 25.0 Å². The Bertz CT molecular complexity index is 684. The van der Waals surface area contributed by atoms with E-state index in [-0.39, 0.29) is 17.6 Å². The number of aromatic nitrogens is 5. The van der Waals surface area contributed by atoms with Crippen LogP contribution in [0.25, 0.3) is 0 Å². The fourth-order valence-corrected chi connectivity index (χ4v) is 1.79. The molecule has 2 heterocycles. The fraction of sp³-hybridized carbons (Fsp3) is 0.364. The summed E-state index contributed by atoms with van der Waals surface area (Å²) in [4.78, 5) is 27.2. The number of esters is 1.